The molecule has 0 saturated carbocycles. The van der Waals surface area contributed by atoms with Gasteiger partial charge in [0.1, 0.15) is 11.5 Å². The summed E-state index contributed by atoms with van der Waals surface area (Å²) in [6.45, 7) is 2.24. The van der Waals surface area contributed by atoms with Crippen LogP contribution in [-0.4, -0.2) is 29.0 Å². The molecular weight excluding hydrogens is 404 g/mol. The SMILES string of the molecule is CCCC(=O)c1nc(Cl)nc(-c2ccc(C(F)(F)F)cc2F)c1C1OCCO1. The molecule has 0 N–H and O–H groups in total. The fourth-order valence-corrected chi connectivity index (χ4v) is 3.01. The van der Waals surface area contributed by atoms with Crippen LogP contribution in [-0.2, 0) is 15.7 Å². The summed E-state index contributed by atoms with van der Waals surface area (Å²) in [6, 6.07) is 2.02. The fraction of sp³-hybridized carbons (Fsp3) is 0.389. The molecule has 1 aromatic carbocycles. The van der Waals surface area contributed by atoms with E-state index in [0.29, 0.717) is 12.5 Å². The predicted molar refractivity (Wildman–Crippen MR) is 91.3 cm³/mol. The molecule has 3 rings (SSSR count). The van der Waals surface area contributed by atoms with Crippen molar-refractivity contribution in [2.75, 3.05) is 13.2 Å². The van der Waals surface area contributed by atoms with Gasteiger partial charge in [0.15, 0.2) is 12.1 Å². The van der Waals surface area contributed by atoms with Gasteiger partial charge in [-0.05, 0) is 36.2 Å². The number of alkyl halides is 3. The summed E-state index contributed by atoms with van der Waals surface area (Å²) < 4.78 is 64.0. The van der Waals surface area contributed by atoms with Crippen LogP contribution in [0.1, 0.15) is 47.7 Å². The third-order valence-corrected chi connectivity index (χ3v) is 4.24. The summed E-state index contributed by atoms with van der Waals surface area (Å²) in [6.07, 6.45) is -5.09. The normalized spacial score (nSPS) is 15.2. The van der Waals surface area contributed by atoms with Crippen molar-refractivity contribution in [1.29, 1.82) is 0 Å². The summed E-state index contributed by atoms with van der Waals surface area (Å²) >= 11 is 5.92. The van der Waals surface area contributed by atoms with Gasteiger partial charge < -0.3 is 9.47 Å². The average Bonchev–Trinajstić information content (AvgIpc) is 3.14. The van der Waals surface area contributed by atoms with Crippen molar-refractivity contribution >= 4 is 17.4 Å². The first-order valence-electron chi connectivity index (χ1n) is 8.43. The van der Waals surface area contributed by atoms with E-state index in [0.717, 1.165) is 12.1 Å². The number of ether oxygens (including phenoxy) is 2. The number of carbonyl (C=O) groups is 1. The van der Waals surface area contributed by atoms with Gasteiger partial charge >= 0.3 is 6.18 Å². The summed E-state index contributed by atoms with van der Waals surface area (Å²) in [5.41, 5.74) is -1.59. The molecule has 0 bridgehead atoms. The summed E-state index contributed by atoms with van der Waals surface area (Å²) in [7, 11) is 0. The van der Waals surface area contributed by atoms with E-state index < -0.39 is 23.8 Å². The number of aromatic nitrogens is 2. The Hall–Kier alpha value is -2.10. The smallest absolute Gasteiger partial charge is 0.346 e. The van der Waals surface area contributed by atoms with Crippen LogP contribution in [0.25, 0.3) is 11.3 Å². The number of halogens is 5. The zero-order chi connectivity index (χ0) is 20.5. The highest BCUT2D eigenvalue weighted by atomic mass is 35.5. The largest absolute Gasteiger partial charge is 0.416 e. The Balaban J connectivity index is 2.21. The number of carbonyl (C=O) groups excluding carboxylic acids is 1. The maximum Gasteiger partial charge on any atom is 0.416 e. The number of hydrogen-bond donors (Lipinski definition) is 0. The monoisotopic (exact) mass is 418 g/mol. The molecule has 10 heteroatoms. The lowest BCUT2D eigenvalue weighted by Crippen LogP contribution is -2.15. The Kier molecular flexibility index (Phi) is 5.97. The van der Waals surface area contributed by atoms with Crippen LogP contribution in [0.15, 0.2) is 18.2 Å². The highest BCUT2D eigenvalue weighted by Gasteiger charge is 2.34. The first kappa shape index (κ1) is 20.6. The summed E-state index contributed by atoms with van der Waals surface area (Å²) in [5, 5.41) is -0.338. The second kappa shape index (κ2) is 8.10. The van der Waals surface area contributed by atoms with Crippen molar-refractivity contribution in [3.8, 4) is 11.3 Å². The molecule has 2 heterocycles. The third kappa shape index (κ3) is 4.16. The lowest BCUT2D eigenvalue weighted by molar-refractivity contribution is -0.137. The number of Topliss-reactive ketones (excluding diaryl/α,β-unsaturated/α-hetero) is 1. The highest BCUT2D eigenvalue weighted by molar-refractivity contribution is 6.28. The van der Waals surface area contributed by atoms with E-state index in [1.807, 2.05) is 0 Å². The Labute approximate surface area is 162 Å². The van der Waals surface area contributed by atoms with Crippen molar-refractivity contribution in [2.45, 2.75) is 32.2 Å². The molecule has 150 valence electrons. The van der Waals surface area contributed by atoms with E-state index in [-0.39, 0.29) is 53.2 Å². The molecule has 1 saturated heterocycles. The first-order valence-corrected chi connectivity index (χ1v) is 8.81. The number of rotatable bonds is 5. The van der Waals surface area contributed by atoms with Gasteiger partial charge in [-0.3, -0.25) is 4.79 Å². The molecule has 0 amide bonds. The zero-order valence-electron chi connectivity index (χ0n) is 14.6. The molecule has 1 fully saturated rings. The van der Waals surface area contributed by atoms with Gasteiger partial charge in [0, 0.05) is 12.0 Å². The van der Waals surface area contributed by atoms with Crippen LogP contribution in [0.4, 0.5) is 17.6 Å². The molecule has 1 aromatic heterocycles. The molecule has 0 unspecified atom stereocenters. The van der Waals surface area contributed by atoms with E-state index in [4.69, 9.17) is 21.1 Å². The quantitative estimate of drug-likeness (QED) is 0.389. The van der Waals surface area contributed by atoms with Crippen LogP contribution in [0, 0.1) is 5.82 Å². The minimum absolute atomic E-state index is 0.0546. The standard InChI is InChI=1S/C18H15ClF4N2O3/c1-2-3-12(26)15-13(16-27-6-7-28-16)14(24-17(19)25-15)10-5-4-9(8-11(10)20)18(21,22)23/h4-5,8,16H,2-3,6-7H2,1H3. The van der Waals surface area contributed by atoms with Crippen molar-refractivity contribution in [1.82, 2.24) is 9.97 Å². The molecule has 5 nitrogen and oxygen atoms in total. The fourth-order valence-electron chi connectivity index (χ4n) is 2.84. The maximum atomic E-state index is 14.6. The van der Waals surface area contributed by atoms with Crippen LogP contribution < -0.4 is 0 Å². The Bertz CT molecular complexity index is 899. The first-order chi connectivity index (χ1) is 13.2. The van der Waals surface area contributed by atoms with Gasteiger partial charge in [-0.2, -0.15) is 13.2 Å². The lowest BCUT2D eigenvalue weighted by atomic mass is 9.99. The second-order valence-corrected chi connectivity index (χ2v) is 6.38. The van der Waals surface area contributed by atoms with Crippen LogP contribution in [0.3, 0.4) is 0 Å². The number of ketones is 1. The van der Waals surface area contributed by atoms with E-state index in [2.05, 4.69) is 9.97 Å². The van der Waals surface area contributed by atoms with Gasteiger partial charge in [0.2, 0.25) is 5.28 Å². The highest BCUT2D eigenvalue weighted by Crippen LogP contribution is 2.38. The van der Waals surface area contributed by atoms with E-state index in [1.165, 1.54) is 0 Å². The van der Waals surface area contributed by atoms with Crippen LogP contribution in [0.5, 0.6) is 0 Å². The molecule has 1 aliphatic rings. The van der Waals surface area contributed by atoms with E-state index in [9.17, 15) is 22.4 Å². The number of nitrogens with zero attached hydrogens (tertiary/aromatic N) is 2. The Morgan fingerprint density at radius 1 is 1.25 bits per heavy atom. The Morgan fingerprint density at radius 2 is 1.93 bits per heavy atom. The second-order valence-electron chi connectivity index (χ2n) is 6.04. The molecule has 0 radical (unpaired) electrons. The lowest BCUT2D eigenvalue weighted by Gasteiger charge is -2.18. The molecule has 1 aliphatic heterocycles. The molecule has 0 atom stereocenters. The van der Waals surface area contributed by atoms with Crippen molar-refractivity contribution in [2.24, 2.45) is 0 Å². The average molecular weight is 419 g/mol. The van der Waals surface area contributed by atoms with E-state index >= 15 is 0 Å². The predicted octanol–water partition coefficient (Wildman–Crippen LogP) is 4.98. The maximum absolute atomic E-state index is 14.6. The summed E-state index contributed by atoms with van der Waals surface area (Å²) in [4.78, 5) is 20.4. The Morgan fingerprint density at radius 3 is 2.50 bits per heavy atom. The number of hydrogen-bond acceptors (Lipinski definition) is 5. The number of benzene rings is 1. The molecule has 0 aliphatic carbocycles. The van der Waals surface area contributed by atoms with Crippen molar-refractivity contribution < 1.29 is 31.8 Å². The minimum Gasteiger partial charge on any atom is -0.346 e. The topological polar surface area (TPSA) is 61.3 Å². The third-order valence-electron chi connectivity index (χ3n) is 4.07. The van der Waals surface area contributed by atoms with Crippen molar-refractivity contribution in [3.63, 3.8) is 0 Å². The zero-order valence-corrected chi connectivity index (χ0v) is 15.4. The molecule has 0 spiro atoms. The molecular formula is C18H15ClF4N2O3. The summed E-state index contributed by atoms with van der Waals surface area (Å²) in [5.74, 6) is -1.55. The van der Waals surface area contributed by atoms with Gasteiger partial charge in [-0.15, -0.1) is 0 Å². The molecule has 28 heavy (non-hydrogen) atoms. The van der Waals surface area contributed by atoms with Crippen LogP contribution >= 0.6 is 11.6 Å². The van der Waals surface area contributed by atoms with Gasteiger partial charge in [0.25, 0.3) is 0 Å². The minimum atomic E-state index is -4.70. The van der Waals surface area contributed by atoms with E-state index in [1.54, 1.807) is 6.92 Å². The van der Waals surface area contributed by atoms with Gasteiger partial charge in [-0.25, -0.2) is 14.4 Å². The van der Waals surface area contributed by atoms with Gasteiger partial charge in [0.05, 0.1) is 30.0 Å². The molecule has 2 aromatic rings. The van der Waals surface area contributed by atoms with Gasteiger partial charge in [-0.1, -0.05) is 6.92 Å². The van der Waals surface area contributed by atoms with Crippen LogP contribution in [0.2, 0.25) is 5.28 Å². The van der Waals surface area contributed by atoms with Crippen molar-refractivity contribution in [3.05, 3.63) is 46.1 Å².